The quantitative estimate of drug-likeness (QED) is 0.160. The lowest BCUT2D eigenvalue weighted by molar-refractivity contribution is -0.386. The number of carbonyl (C=O) groups is 1. The number of rotatable bonds is 12. The molecule has 0 unspecified atom stereocenters. The molecule has 0 amide bonds. The van der Waals surface area contributed by atoms with E-state index in [0.717, 1.165) is 6.04 Å². The average molecular weight is 430 g/mol. The summed E-state index contributed by atoms with van der Waals surface area (Å²) < 4.78 is 18.0. The molecule has 0 N–H and O–H groups in total. The smallest absolute Gasteiger partial charge is 0.353 e. The van der Waals surface area contributed by atoms with Crippen LogP contribution in [-0.4, -0.2) is 47.6 Å². The Morgan fingerprint density at radius 1 is 1.21 bits per heavy atom. The molecule has 0 spiro atoms. The Morgan fingerprint density at radius 2 is 1.86 bits per heavy atom. The van der Waals surface area contributed by atoms with Crippen LogP contribution in [0.2, 0.25) is 25.7 Å². The highest BCUT2D eigenvalue weighted by molar-refractivity contribution is 6.76. The van der Waals surface area contributed by atoms with E-state index in [0.29, 0.717) is 19.4 Å². The number of carbonyl (C=O) groups excluding carboxylic acids is 1. The maximum absolute atomic E-state index is 11.7. The first-order chi connectivity index (χ1) is 13.3. The Balaban J connectivity index is 2.59. The van der Waals surface area contributed by atoms with Gasteiger partial charge in [0.05, 0.1) is 11.5 Å². The Morgan fingerprint density at radius 3 is 2.41 bits per heavy atom. The predicted octanol–water partition coefficient (Wildman–Crippen LogP) is 4.30. The molecule has 0 aromatic carbocycles. The summed E-state index contributed by atoms with van der Waals surface area (Å²) in [7, 11) is -1.22. The Hall–Kier alpha value is -1.94. The molecule has 0 saturated heterocycles. The normalized spacial score (nSPS) is 12.1. The van der Waals surface area contributed by atoms with Crippen LogP contribution >= 0.6 is 0 Å². The van der Waals surface area contributed by atoms with E-state index in [9.17, 15) is 14.9 Å². The van der Waals surface area contributed by atoms with Crippen LogP contribution < -0.4 is 4.74 Å². The van der Waals surface area contributed by atoms with E-state index in [1.165, 1.54) is 4.68 Å². The Bertz CT molecular complexity index is 691. The van der Waals surface area contributed by atoms with E-state index in [1.807, 2.05) is 20.8 Å². The molecule has 29 heavy (non-hydrogen) atoms. The van der Waals surface area contributed by atoms with Crippen LogP contribution in [0.4, 0.5) is 5.69 Å². The number of nitrogens with zero attached hydrogens (tertiary/aromatic N) is 3. The first-order valence-corrected chi connectivity index (χ1v) is 13.6. The molecule has 0 saturated carbocycles. The van der Waals surface area contributed by atoms with Gasteiger partial charge in [-0.25, -0.2) is 4.68 Å². The van der Waals surface area contributed by atoms with Gasteiger partial charge in [0, 0.05) is 21.1 Å². The second-order valence-electron chi connectivity index (χ2n) is 9.24. The van der Waals surface area contributed by atoms with Gasteiger partial charge < -0.3 is 14.2 Å². The molecule has 0 bridgehead atoms. The summed E-state index contributed by atoms with van der Waals surface area (Å²) in [6.45, 7) is 14.7. The first kappa shape index (κ1) is 25.1. The monoisotopic (exact) mass is 429 g/mol. The lowest BCUT2D eigenvalue weighted by Gasteiger charge is -2.19. The molecule has 1 aromatic rings. The zero-order valence-corrected chi connectivity index (χ0v) is 19.7. The van der Waals surface area contributed by atoms with Gasteiger partial charge in [0.15, 0.2) is 0 Å². The van der Waals surface area contributed by atoms with Gasteiger partial charge >= 0.3 is 11.7 Å². The minimum Gasteiger partial charge on any atom is -0.473 e. The number of aromatic nitrogens is 2. The van der Waals surface area contributed by atoms with E-state index >= 15 is 0 Å². The van der Waals surface area contributed by atoms with Crippen molar-refractivity contribution >= 4 is 19.7 Å². The highest BCUT2D eigenvalue weighted by atomic mass is 28.3. The van der Waals surface area contributed by atoms with Crippen LogP contribution in [0.25, 0.3) is 0 Å². The summed E-state index contributed by atoms with van der Waals surface area (Å²) in [6.07, 6.45) is 1.42. The van der Waals surface area contributed by atoms with Crippen molar-refractivity contribution in [1.29, 1.82) is 0 Å². The molecule has 9 nitrogen and oxygen atoms in total. The fourth-order valence-corrected chi connectivity index (χ4v) is 3.21. The molecular weight excluding hydrogens is 394 g/mol. The number of ether oxygens (including phenoxy) is 3. The molecule has 0 aliphatic heterocycles. The maximum atomic E-state index is 11.7. The minimum atomic E-state index is -1.22. The van der Waals surface area contributed by atoms with Gasteiger partial charge in [-0.1, -0.05) is 19.6 Å². The van der Waals surface area contributed by atoms with Crippen LogP contribution in [0.3, 0.4) is 0 Å². The van der Waals surface area contributed by atoms with E-state index < -0.39 is 18.6 Å². The van der Waals surface area contributed by atoms with Gasteiger partial charge in [-0.05, 0) is 46.6 Å². The molecule has 0 fully saturated rings. The molecule has 0 aliphatic rings. The fraction of sp³-hybridized carbons (Fsp3) is 0.789. The average Bonchev–Trinajstić information content (AvgIpc) is 2.84. The van der Waals surface area contributed by atoms with Gasteiger partial charge in [-0.2, -0.15) is 5.10 Å². The number of unbranched alkanes of at least 4 members (excludes halogenated alkanes) is 1. The molecule has 166 valence electrons. The molecule has 0 atom stereocenters. The second kappa shape index (κ2) is 10.7. The molecule has 1 heterocycles. The van der Waals surface area contributed by atoms with Crippen molar-refractivity contribution < 1.29 is 23.9 Å². The summed E-state index contributed by atoms with van der Waals surface area (Å²) in [5.41, 5.74) is -0.369. The molecule has 10 heteroatoms. The molecular formula is C19H35N3O6Si. The van der Waals surface area contributed by atoms with Crippen molar-refractivity contribution in [3.8, 4) is 5.88 Å². The standard InChI is InChI=1S/C19H35N3O6Si/c1-15-17(22(24)25)18(21(20-15)14-26-12-13-29(5,6)7)27-11-9-8-10-16(23)28-19(2,3)4/h8-14H2,1-7H3. The van der Waals surface area contributed by atoms with Crippen molar-refractivity contribution in [2.45, 2.75) is 85.0 Å². The maximum Gasteiger partial charge on any atom is 0.353 e. The number of esters is 1. The summed E-state index contributed by atoms with van der Waals surface area (Å²) in [6, 6.07) is 0.996. The van der Waals surface area contributed by atoms with Crippen LogP contribution in [-0.2, 0) is 21.0 Å². The lowest BCUT2D eigenvalue weighted by atomic mass is 10.2. The van der Waals surface area contributed by atoms with Crippen molar-refractivity contribution in [2.24, 2.45) is 0 Å². The van der Waals surface area contributed by atoms with E-state index in [-0.39, 0.29) is 43.0 Å². The van der Waals surface area contributed by atoms with Gasteiger partial charge in [0.25, 0.3) is 5.88 Å². The summed E-state index contributed by atoms with van der Waals surface area (Å²) in [5.74, 6) is -0.169. The summed E-state index contributed by atoms with van der Waals surface area (Å²) in [5, 5.41) is 15.6. The third kappa shape index (κ3) is 9.89. The van der Waals surface area contributed by atoms with E-state index in [2.05, 4.69) is 24.7 Å². The molecule has 1 aromatic heterocycles. The van der Waals surface area contributed by atoms with Crippen LogP contribution in [0.5, 0.6) is 5.88 Å². The van der Waals surface area contributed by atoms with Crippen LogP contribution in [0.15, 0.2) is 0 Å². The summed E-state index contributed by atoms with van der Waals surface area (Å²) in [4.78, 5) is 22.6. The largest absolute Gasteiger partial charge is 0.473 e. The van der Waals surface area contributed by atoms with Gasteiger partial charge in [-0.15, -0.1) is 0 Å². The van der Waals surface area contributed by atoms with Crippen LogP contribution in [0.1, 0.15) is 45.7 Å². The number of hydrogen-bond acceptors (Lipinski definition) is 7. The Labute approximate surface area is 173 Å². The zero-order chi connectivity index (χ0) is 22.2. The fourth-order valence-electron chi connectivity index (χ4n) is 2.45. The minimum absolute atomic E-state index is 0.0952. The predicted molar refractivity (Wildman–Crippen MR) is 113 cm³/mol. The highest BCUT2D eigenvalue weighted by Gasteiger charge is 2.27. The summed E-state index contributed by atoms with van der Waals surface area (Å²) >= 11 is 0. The zero-order valence-electron chi connectivity index (χ0n) is 18.7. The van der Waals surface area contributed by atoms with Crippen molar-refractivity contribution in [3.05, 3.63) is 15.8 Å². The lowest BCUT2D eigenvalue weighted by Crippen LogP contribution is -2.23. The molecule has 0 radical (unpaired) electrons. The van der Waals surface area contributed by atoms with Gasteiger partial charge in [0.1, 0.15) is 18.0 Å². The SMILES string of the molecule is Cc1nn(COCC[Si](C)(C)C)c(OCCCCC(=O)OC(C)(C)C)c1[N+](=O)[O-]. The third-order valence-electron chi connectivity index (χ3n) is 3.88. The second-order valence-corrected chi connectivity index (χ2v) is 14.9. The van der Waals surface area contributed by atoms with Crippen molar-refractivity contribution in [2.75, 3.05) is 13.2 Å². The Kier molecular flexibility index (Phi) is 9.28. The van der Waals surface area contributed by atoms with Gasteiger partial charge in [0.2, 0.25) is 0 Å². The molecule has 1 rings (SSSR count). The number of hydrogen-bond donors (Lipinski definition) is 0. The molecule has 0 aliphatic carbocycles. The topological polar surface area (TPSA) is 106 Å². The highest BCUT2D eigenvalue weighted by Crippen LogP contribution is 2.30. The van der Waals surface area contributed by atoms with Crippen molar-refractivity contribution in [1.82, 2.24) is 9.78 Å². The number of nitro groups is 1. The van der Waals surface area contributed by atoms with E-state index in [1.54, 1.807) is 6.92 Å². The van der Waals surface area contributed by atoms with E-state index in [4.69, 9.17) is 14.2 Å². The van der Waals surface area contributed by atoms with Crippen LogP contribution in [0, 0.1) is 17.0 Å². The third-order valence-corrected chi connectivity index (χ3v) is 5.58. The first-order valence-electron chi connectivity index (χ1n) is 9.94. The van der Waals surface area contributed by atoms with Crippen molar-refractivity contribution in [3.63, 3.8) is 0 Å². The number of aryl methyl sites for hydroxylation is 1. The van der Waals surface area contributed by atoms with Gasteiger partial charge in [-0.3, -0.25) is 14.9 Å².